The fraction of sp³-hybridized carbons (Fsp3) is 0.900. The van der Waals surface area contributed by atoms with Gasteiger partial charge in [0.15, 0.2) is 0 Å². The van der Waals surface area contributed by atoms with E-state index in [1.54, 1.807) is 13.6 Å². The Morgan fingerprint density at radius 3 is 2.38 bits per heavy atom. The van der Waals surface area contributed by atoms with Crippen LogP contribution in [0.5, 0.6) is 0 Å². The van der Waals surface area contributed by atoms with Crippen molar-refractivity contribution in [1.29, 1.82) is 0 Å². The highest BCUT2D eigenvalue weighted by Gasteiger charge is 2.18. The minimum absolute atomic E-state index is 0.107. The maximum Gasteiger partial charge on any atom is 0.407 e. The molecule has 0 saturated carbocycles. The molecule has 1 amide bonds. The van der Waals surface area contributed by atoms with Gasteiger partial charge in [0.25, 0.3) is 0 Å². The standard InChI is InChI=1S/C10H22NO4P/c1-6-15-16(5,13)8-7-14-9(12)11-10(2,3)4/h6-8H2,1-5H3,(H,11,12). The van der Waals surface area contributed by atoms with Crippen molar-refractivity contribution in [2.24, 2.45) is 0 Å². The van der Waals surface area contributed by atoms with E-state index in [4.69, 9.17) is 9.26 Å². The van der Waals surface area contributed by atoms with E-state index >= 15 is 0 Å². The lowest BCUT2D eigenvalue weighted by Crippen LogP contribution is -2.41. The van der Waals surface area contributed by atoms with Gasteiger partial charge >= 0.3 is 6.09 Å². The molecule has 0 radical (unpaired) electrons. The largest absolute Gasteiger partial charge is 0.449 e. The van der Waals surface area contributed by atoms with E-state index in [0.29, 0.717) is 6.61 Å². The quantitative estimate of drug-likeness (QED) is 0.762. The molecule has 1 N–H and O–H groups in total. The topological polar surface area (TPSA) is 64.6 Å². The zero-order chi connectivity index (χ0) is 12.8. The Morgan fingerprint density at radius 2 is 1.94 bits per heavy atom. The smallest absolute Gasteiger partial charge is 0.407 e. The molecule has 0 spiro atoms. The summed E-state index contributed by atoms with van der Waals surface area (Å²) in [5.41, 5.74) is -0.326. The third-order valence-corrected chi connectivity index (χ3v) is 3.41. The molecule has 0 aromatic carbocycles. The number of amides is 1. The molecule has 96 valence electrons. The summed E-state index contributed by atoms with van der Waals surface area (Å²) in [6, 6.07) is 0. The second-order valence-electron chi connectivity index (χ2n) is 4.67. The van der Waals surface area contributed by atoms with Crippen molar-refractivity contribution in [3.05, 3.63) is 0 Å². The van der Waals surface area contributed by atoms with Crippen LogP contribution >= 0.6 is 7.37 Å². The molecule has 6 heteroatoms. The Hall–Kier alpha value is -0.540. The molecule has 1 unspecified atom stereocenters. The number of nitrogens with one attached hydrogen (secondary N) is 1. The van der Waals surface area contributed by atoms with Gasteiger partial charge in [-0.2, -0.15) is 0 Å². The third-order valence-electron chi connectivity index (χ3n) is 1.61. The van der Waals surface area contributed by atoms with Gasteiger partial charge in [-0.3, -0.25) is 4.57 Å². The van der Waals surface area contributed by atoms with Crippen LogP contribution in [-0.4, -0.2) is 37.7 Å². The molecule has 0 aliphatic carbocycles. The highest BCUT2D eigenvalue weighted by Crippen LogP contribution is 2.41. The maximum atomic E-state index is 11.6. The van der Waals surface area contributed by atoms with Gasteiger partial charge < -0.3 is 14.6 Å². The van der Waals surface area contributed by atoms with Gasteiger partial charge in [0, 0.05) is 12.2 Å². The Morgan fingerprint density at radius 1 is 1.38 bits per heavy atom. The molecule has 0 saturated heterocycles. The Balaban J connectivity index is 3.83. The minimum Gasteiger partial charge on any atom is -0.449 e. The monoisotopic (exact) mass is 251 g/mol. The maximum absolute atomic E-state index is 11.6. The van der Waals surface area contributed by atoms with Crippen LogP contribution in [0.15, 0.2) is 0 Å². The van der Waals surface area contributed by atoms with Crippen LogP contribution in [0.3, 0.4) is 0 Å². The van der Waals surface area contributed by atoms with E-state index in [-0.39, 0.29) is 18.3 Å². The minimum atomic E-state index is -2.60. The van der Waals surface area contributed by atoms with Gasteiger partial charge in [-0.25, -0.2) is 4.79 Å². The summed E-state index contributed by atoms with van der Waals surface area (Å²) in [5.74, 6) is 0. The van der Waals surface area contributed by atoms with Gasteiger partial charge in [0.2, 0.25) is 7.37 Å². The summed E-state index contributed by atoms with van der Waals surface area (Å²) < 4.78 is 21.6. The molecule has 0 aliphatic heterocycles. The fourth-order valence-electron chi connectivity index (χ4n) is 0.984. The Bertz CT molecular complexity index is 272. The number of ether oxygens (including phenoxy) is 1. The Kier molecular flexibility index (Phi) is 6.05. The van der Waals surface area contributed by atoms with E-state index in [2.05, 4.69) is 5.32 Å². The molecule has 1 atom stereocenters. The van der Waals surface area contributed by atoms with Crippen molar-refractivity contribution in [3.8, 4) is 0 Å². The van der Waals surface area contributed by atoms with Crippen molar-refractivity contribution in [2.75, 3.05) is 26.0 Å². The van der Waals surface area contributed by atoms with Crippen LogP contribution in [0.25, 0.3) is 0 Å². The molecule has 5 nitrogen and oxygen atoms in total. The van der Waals surface area contributed by atoms with Crippen molar-refractivity contribution < 1.29 is 18.6 Å². The number of hydrogen-bond donors (Lipinski definition) is 1. The highest BCUT2D eigenvalue weighted by molar-refractivity contribution is 7.58. The molecular formula is C10H22NO4P. The average molecular weight is 251 g/mol. The van der Waals surface area contributed by atoms with Crippen LogP contribution in [0.1, 0.15) is 27.7 Å². The summed E-state index contributed by atoms with van der Waals surface area (Å²) in [5, 5.41) is 2.65. The van der Waals surface area contributed by atoms with E-state index < -0.39 is 13.5 Å². The van der Waals surface area contributed by atoms with E-state index in [1.165, 1.54) is 0 Å². The number of carbonyl (C=O) groups is 1. The van der Waals surface area contributed by atoms with Crippen molar-refractivity contribution in [2.45, 2.75) is 33.2 Å². The molecule has 0 fully saturated rings. The first-order chi connectivity index (χ1) is 7.16. The number of rotatable bonds is 5. The summed E-state index contributed by atoms with van der Waals surface area (Å²) in [4.78, 5) is 11.2. The number of alkyl carbamates (subject to hydrolysis) is 1. The predicted molar refractivity (Wildman–Crippen MR) is 64.3 cm³/mol. The molecule has 0 aliphatic rings. The van der Waals surface area contributed by atoms with E-state index in [1.807, 2.05) is 20.8 Å². The van der Waals surface area contributed by atoms with Crippen molar-refractivity contribution >= 4 is 13.5 Å². The van der Waals surface area contributed by atoms with Gasteiger partial charge in [-0.05, 0) is 27.7 Å². The Labute approximate surface area is 97.3 Å². The lowest BCUT2D eigenvalue weighted by molar-refractivity contribution is 0.143. The zero-order valence-corrected chi connectivity index (χ0v) is 11.6. The van der Waals surface area contributed by atoms with Gasteiger partial charge in [-0.15, -0.1) is 0 Å². The van der Waals surface area contributed by atoms with Gasteiger partial charge in [0.05, 0.1) is 12.8 Å². The van der Waals surface area contributed by atoms with Crippen molar-refractivity contribution in [3.63, 3.8) is 0 Å². The second kappa shape index (κ2) is 6.26. The number of hydrogen-bond acceptors (Lipinski definition) is 4. The molecule has 0 heterocycles. The molecule has 0 aromatic rings. The molecule has 0 aromatic heterocycles. The normalized spacial score (nSPS) is 15.3. The predicted octanol–water partition coefficient (Wildman–Crippen LogP) is 2.46. The van der Waals surface area contributed by atoms with E-state index in [0.717, 1.165) is 0 Å². The SMILES string of the molecule is CCOP(C)(=O)CCOC(=O)NC(C)(C)C. The summed E-state index contributed by atoms with van der Waals surface area (Å²) in [7, 11) is -2.60. The highest BCUT2D eigenvalue weighted by atomic mass is 31.2. The lowest BCUT2D eigenvalue weighted by atomic mass is 10.1. The fourth-order valence-corrected chi connectivity index (χ4v) is 2.08. The van der Waals surface area contributed by atoms with Crippen LogP contribution in [0, 0.1) is 0 Å². The van der Waals surface area contributed by atoms with Crippen LogP contribution in [0.2, 0.25) is 0 Å². The third kappa shape index (κ3) is 8.74. The van der Waals surface area contributed by atoms with E-state index in [9.17, 15) is 9.36 Å². The van der Waals surface area contributed by atoms with Gasteiger partial charge in [0.1, 0.15) is 6.61 Å². The van der Waals surface area contributed by atoms with Crippen molar-refractivity contribution in [1.82, 2.24) is 5.32 Å². The first-order valence-electron chi connectivity index (χ1n) is 5.32. The first kappa shape index (κ1) is 15.5. The lowest BCUT2D eigenvalue weighted by Gasteiger charge is -2.20. The summed E-state index contributed by atoms with van der Waals surface area (Å²) in [6.45, 7) is 9.42. The molecular weight excluding hydrogens is 229 g/mol. The van der Waals surface area contributed by atoms with Crippen LogP contribution < -0.4 is 5.32 Å². The summed E-state index contributed by atoms with van der Waals surface area (Å²) >= 11 is 0. The average Bonchev–Trinajstić information content (AvgIpc) is 1.99. The number of carbonyl (C=O) groups excluding carboxylic acids is 1. The molecule has 0 rings (SSSR count). The first-order valence-corrected chi connectivity index (χ1v) is 7.58. The molecule has 0 bridgehead atoms. The second-order valence-corrected chi connectivity index (χ2v) is 7.40. The van der Waals surface area contributed by atoms with Gasteiger partial charge in [-0.1, -0.05) is 0 Å². The summed E-state index contributed by atoms with van der Waals surface area (Å²) in [6.07, 6.45) is -0.248. The van der Waals surface area contributed by atoms with Crippen LogP contribution in [0.4, 0.5) is 4.79 Å². The zero-order valence-electron chi connectivity index (χ0n) is 10.7. The van der Waals surface area contributed by atoms with Crippen LogP contribution in [-0.2, 0) is 13.8 Å². The molecule has 16 heavy (non-hydrogen) atoms.